The molecule has 1 fully saturated rings. The van der Waals surface area contributed by atoms with Gasteiger partial charge in [0.25, 0.3) is 10.0 Å². The average molecular weight is 522 g/mol. The van der Waals surface area contributed by atoms with Gasteiger partial charge in [-0.15, -0.1) is 0 Å². The van der Waals surface area contributed by atoms with Crippen LogP contribution in [-0.2, 0) is 19.6 Å². The molecule has 1 aliphatic rings. The van der Waals surface area contributed by atoms with Gasteiger partial charge in [-0.25, -0.2) is 8.42 Å². The largest absolute Gasteiger partial charge is 0.494 e. The molecular formula is C28H31N3O5S. The maximum Gasteiger partial charge on any atom is 0.264 e. The third kappa shape index (κ3) is 5.94. The highest BCUT2D eigenvalue weighted by atomic mass is 32.2. The van der Waals surface area contributed by atoms with Crippen LogP contribution in [0.3, 0.4) is 0 Å². The van der Waals surface area contributed by atoms with Crippen molar-refractivity contribution in [3.8, 4) is 5.75 Å². The molecule has 3 aromatic carbocycles. The average Bonchev–Trinajstić information content (AvgIpc) is 3.30. The molecule has 0 bridgehead atoms. The Morgan fingerprint density at radius 2 is 1.73 bits per heavy atom. The van der Waals surface area contributed by atoms with Crippen LogP contribution in [0.15, 0.2) is 71.6 Å². The third-order valence-corrected chi connectivity index (χ3v) is 7.98. The quantitative estimate of drug-likeness (QED) is 0.442. The first kappa shape index (κ1) is 26.2. The van der Waals surface area contributed by atoms with Crippen LogP contribution < -0.4 is 19.3 Å². The second kappa shape index (κ2) is 11.0. The number of benzene rings is 3. The van der Waals surface area contributed by atoms with Gasteiger partial charge in [0.1, 0.15) is 12.3 Å². The Kier molecular flexibility index (Phi) is 7.83. The molecule has 0 saturated carbocycles. The number of carbonyl (C=O) groups excluding carboxylic acids is 2. The number of nitrogens with one attached hydrogen (secondary N) is 1. The van der Waals surface area contributed by atoms with Crippen molar-refractivity contribution in [2.45, 2.75) is 38.5 Å². The molecule has 0 unspecified atom stereocenters. The van der Waals surface area contributed by atoms with E-state index in [1.165, 1.54) is 12.1 Å². The molecule has 8 nitrogen and oxygen atoms in total. The smallest absolute Gasteiger partial charge is 0.264 e. The maximum absolute atomic E-state index is 13.6. The first-order valence-electron chi connectivity index (χ1n) is 12.2. The zero-order valence-electron chi connectivity index (χ0n) is 21.2. The molecule has 1 N–H and O–H groups in total. The first-order valence-corrected chi connectivity index (χ1v) is 13.7. The molecule has 194 valence electrons. The summed E-state index contributed by atoms with van der Waals surface area (Å²) in [7, 11) is -4.04. The number of amides is 2. The van der Waals surface area contributed by atoms with Crippen LogP contribution in [0, 0.1) is 13.8 Å². The van der Waals surface area contributed by atoms with Crippen LogP contribution in [0.5, 0.6) is 5.75 Å². The van der Waals surface area contributed by atoms with Crippen LogP contribution in [0.25, 0.3) is 0 Å². The molecule has 4 rings (SSSR count). The summed E-state index contributed by atoms with van der Waals surface area (Å²) in [4.78, 5) is 27.2. The van der Waals surface area contributed by atoms with E-state index in [0.717, 1.165) is 27.5 Å². The summed E-state index contributed by atoms with van der Waals surface area (Å²) in [6, 6.07) is 18.4. The van der Waals surface area contributed by atoms with Gasteiger partial charge in [0, 0.05) is 24.3 Å². The lowest BCUT2D eigenvalue weighted by Crippen LogP contribution is -2.38. The van der Waals surface area contributed by atoms with E-state index in [2.05, 4.69) is 5.32 Å². The van der Waals surface area contributed by atoms with Gasteiger partial charge in [-0.3, -0.25) is 13.9 Å². The van der Waals surface area contributed by atoms with Crippen molar-refractivity contribution in [1.82, 2.24) is 0 Å². The van der Waals surface area contributed by atoms with Crippen molar-refractivity contribution in [2.75, 3.05) is 34.2 Å². The van der Waals surface area contributed by atoms with Gasteiger partial charge >= 0.3 is 0 Å². The highest BCUT2D eigenvalue weighted by molar-refractivity contribution is 7.92. The number of rotatable bonds is 9. The molecule has 0 radical (unpaired) electrons. The van der Waals surface area contributed by atoms with E-state index in [-0.39, 0.29) is 10.8 Å². The van der Waals surface area contributed by atoms with Gasteiger partial charge in [-0.05, 0) is 81.3 Å². The van der Waals surface area contributed by atoms with Gasteiger partial charge in [-0.2, -0.15) is 0 Å². The van der Waals surface area contributed by atoms with Gasteiger partial charge < -0.3 is 15.0 Å². The van der Waals surface area contributed by atoms with Crippen LogP contribution >= 0.6 is 0 Å². The summed E-state index contributed by atoms with van der Waals surface area (Å²) in [5.74, 6) is 0.150. The molecule has 37 heavy (non-hydrogen) atoms. The van der Waals surface area contributed by atoms with Crippen molar-refractivity contribution in [2.24, 2.45) is 0 Å². The van der Waals surface area contributed by atoms with E-state index in [0.29, 0.717) is 36.7 Å². The van der Waals surface area contributed by atoms with Crippen molar-refractivity contribution < 1.29 is 22.7 Å². The van der Waals surface area contributed by atoms with Crippen LogP contribution in [0.1, 0.15) is 30.9 Å². The van der Waals surface area contributed by atoms with E-state index in [1.807, 2.05) is 26.8 Å². The number of sulfonamides is 1. The number of ether oxygens (including phenoxy) is 1. The molecule has 3 aromatic rings. The van der Waals surface area contributed by atoms with Crippen molar-refractivity contribution in [1.29, 1.82) is 0 Å². The summed E-state index contributed by atoms with van der Waals surface area (Å²) >= 11 is 0. The number of anilines is 3. The van der Waals surface area contributed by atoms with Crippen LogP contribution in [0.2, 0.25) is 0 Å². The van der Waals surface area contributed by atoms with Gasteiger partial charge in [0.15, 0.2) is 0 Å². The topological polar surface area (TPSA) is 96.0 Å². The van der Waals surface area contributed by atoms with E-state index >= 15 is 0 Å². The molecule has 0 aliphatic carbocycles. The molecule has 1 aliphatic heterocycles. The number of carbonyl (C=O) groups is 2. The molecule has 0 atom stereocenters. The lowest BCUT2D eigenvalue weighted by atomic mass is 10.1. The molecule has 2 amide bonds. The summed E-state index contributed by atoms with van der Waals surface area (Å²) in [6.45, 7) is 6.33. The van der Waals surface area contributed by atoms with Crippen LogP contribution in [0.4, 0.5) is 17.1 Å². The Morgan fingerprint density at radius 1 is 1.03 bits per heavy atom. The molecule has 1 heterocycles. The van der Waals surface area contributed by atoms with Gasteiger partial charge in [-0.1, -0.05) is 23.8 Å². The Balaban J connectivity index is 1.61. The zero-order chi connectivity index (χ0) is 26.6. The number of aryl methyl sites for hydroxylation is 2. The Morgan fingerprint density at radius 3 is 2.35 bits per heavy atom. The predicted molar refractivity (Wildman–Crippen MR) is 145 cm³/mol. The number of hydrogen-bond acceptors (Lipinski definition) is 5. The van der Waals surface area contributed by atoms with Gasteiger partial charge in [0.05, 0.1) is 17.2 Å². The highest BCUT2D eigenvalue weighted by Crippen LogP contribution is 2.29. The van der Waals surface area contributed by atoms with E-state index in [4.69, 9.17) is 4.74 Å². The van der Waals surface area contributed by atoms with Crippen LogP contribution in [-0.4, -0.2) is 39.9 Å². The fraction of sp³-hybridized carbons (Fsp3) is 0.286. The Bertz CT molecular complexity index is 1390. The summed E-state index contributed by atoms with van der Waals surface area (Å²) < 4.78 is 33.8. The lowest BCUT2D eigenvalue weighted by molar-refractivity contribution is -0.117. The standard InChI is InChI=1S/C28H31N3O5S/c1-4-36-24-13-11-23(12-14-24)31(37(34,35)25-15-7-20(2)8-16-25)19-27(32)29-22-10-9-21(3)26(18-22)30-17-5-6-28(30)33/h7-16,18H,4-6,17,19H2,1-3H3,(H,29,32). The molecule has 9 heteroatoms. The fourth-order valence-electron chi connectivity index (χ4n) is 4.24. The second-order valence-electron chi connectivity index (χ2n) is 8.95. The Hall–Kier alpha value is -3.85. The maximum atomic E-state index is 13.6. The molecular weight excluding hydrogens is 490 g/mol. The fourth-order valence-corrected chi connectivity index (χ4v) is 5.66. The third-order valence-electron chi connectivity index (χ3n) is 6.19. The minimum atomic E-state index is -4.04. The molecule has 0 spiro atoms. The highest BCUT2D eigenvalue weighted by Gasteiger charge is 2.28. The Labute approximate surface area is 217 Å². The molecule has 0 aromatic heterocycles. The zero-order valence-corrected chi connectivity index (χ0v) is 22.0. The minimum absolute atomic E-state index is 0.0532. The molecule has 1 saturated heterocycles. The number of nitrogens with zero attached hydrogens (tertiary/aromatic N) is 2. The van der Waals surface area contributed by atoms with E-state index in [1.54, 1.807) is 53.4 Å². The van der Waals surface area contributed by atoms with Crippen molar-refractivity contribution in [3.05, 3.63) is 77.9 Å². The van der Waals surface area contributed by atoms with Crippen molar-refractivity contribution in [3.63, 3.8) is 0 Å². The van der Waals surface area contributed by atoms with Gasteiger partial charge in [0.2, 0.25) is 11.8 Å². The predicted octanol–water partition coefficient (Wildman–Crippen LogP) is 4.66. The first-order chi connectivity index (χ1) is 17.7. The number of hydrogen-bond donors (Lipinski definition) is 1. The monoisotopic (exact) mass is 521 g/mol. The second-order valence-corrected chi connectivity index (χ2v) is 10.8. The SMILES string of the molecule is CCOc1ccc(N(CC(=O)Nc2ccc(C)c(N3CCCC3=O)c2)S(=O)(=O)c2ccc(C)cc2)cc1. The minimum Gasteiger partial charge on any atom is -0.494 e. The van der Waals surface area contributed by atoms with Crippen molar-refractivity contribution >= 4 is 38.9 Å². The van der Waals surface area contributed by atoms with E-state index in [9.17, 15) is 18.0 Å². The summed E-state index contributed by atoms with van der Waals surface area (Å²) in [5, 5.41) is 2.80. The van der Waals surface area contributed by atoms with E-state index < -0.39 is 22.5 Å². The normalized spacial score (nSPS) is 13.5. The summed E-state index contributed by atoms with van der Waals surface area (Å²) in [5.41, 5.74) is 3.43. The summed E-state index contributed by atoms with van der Waals surface area (Å²) in [6.07, 6.45) is 1.30. The lowest BCUT2D eigenvalue weighted by Gasteiger charge is -2.25.